The van der Waals surface area contributed by atoms with Gasteiger partial charge in [0.25, 0.3) is 0 Å². The number of ether oxygens (including phenoxy) is 1. The summed E-state index contributed by atoms with van der Waals surface area (Å²) in [7, 11) is 1.81. The summed E-state index contributed by atoms with van der Waals surface area (Å²) in [6.45, 7) is 3.89. The molecule has 1 aromatic carbocycles. The van der Waals surface area contributed by atoms with Gasteiger partial charge >= 0.3 is 0 Å². The second kappa shape index (κ2) is 5.94. The molecule has 20 heavy (non-hydrogen) atoms. The summed E-state index contributed by atoms with van der Waals surface area (Å²) in [5.74, 6) is 0. The summed E-state index contributed by atoms with van der Waals surface area (Å²) < 4.78 is 7.51. The van der Waals surface area contributed by atoms with E-state index >= 15 is 0 Å². The average Bonchev–Trinajstić information content (AvgIpc) is 3.09. The van der Waals surface area contributed by atoms with Gasteiger partial charge in [-0.1, -0.05) is 18.2 Å². The molecule has 4 nitrogen and oxygen atoms in total. The van der Waals surface area contributed by atoms with E-state index in [0.29, 0.717) is 12.1 Å². The molecule has 3 rings (SSSR count). The molecule has 1 aliphatic carbocycles. The fourth-order valence-electron chi connectivity index (χ4n) is 3.15. The third-order valence-corrected chi connectivity index (χ3v) is 4.31. The molecule has 1 N–H and O–H groups in total. The van der Waals surface area contributed by atoms with E-state index in [2.05, 4.69) is 41.2 Å². The fraction of sp³-hybridized carbons (Fsp3) is 0.562. The first-order valence-corrected chi connectivity index (χ1v) is 7.52. The SMILES string of the molecule is CCn1nc(CNC2CCC(OC)C2)c2ccccc21. The molecule has 1 fully saturated rings. The molecular formula is C16H23N3O. The first-order valence-electron chi connectivity index (χ1n) is 7.52. The molecule has 2 unspecified atom stereocenters. The lowest BCUT2D eigenvalue weighted by Crippen LogP contribution is -2.27. The zero-order valence-electron chi connectivity index (χ0n) is 12.3. The molecule has 1 heterocycles. The number of aryl methyl sites for hydroxylation is 1. The molecule has 1 aliphatic rings. The highest BCUT2D eigenvalue weighted by Crippen LogP contribution is 2.23. The number of fused-ring (bicyclic) bond motifs is 1. The Bertz CT molecular complexity index is 578. The van der Waals surface area contributed by atoms with Crippen LogP contribution in [0.4, 0.5) is 0 Å². The van der Waals surface area contributed by atoms with E-state index in [1.165, 1.54) is 17.3 Å². The predicted octanol–water partition coefficient (Wildman–Crippen LogP) is 2.71. The van der Waals surface area contributed by atoms with Crippen LogP contribution in [0.1, 0.15) is 31.9 Å². The maximum Gasteiger partial charge on any atom is 0.0841 e. The predicted molar refractivity (Wildman–Crippen MR) is 80.7 cm³/mol. The molecule has 0 saturated heterocycles. The molecule has 0 aliphatic heterocycles. The van der Waals surface area contributed by atoms with Crippen LogP contribution in [0, 0.1) is 0 Å². The van der Waals surface area contributed by atoms with Crippen molar-refractivity contribution in [3.63, 3.8) is 0 Å². The van der Waals surface area contributed by atoms with Gasteiger partial charge in [-0.3, -0.25) is 4.68 Å². The number of benzene rings is 1. The molecule has 0 amide bonds. The summed E-state index contributed by atoms with van der Waals surface area (Å²) in [6.07, 6.45) is 3.91. The van der Waals surface area contributed by atoms with Crippen molar-refractivity contribution in [2.45, 2.75) is 51.4 Å². The highest BCUT2D eigenvalue weighted by molar-refractivity contribution is 5.81. The number of methoxy groups -OCH3 is 1. The lowest BCUT2D eigenvalue weighted by Gasteiger charge is -2.11. The van der Waals surface area contributed by atoms with Gasteiger partial charge in [0, 0.05) is 31.6 Å². The Labute approximate surface area is 120 Å². The van der Waals surface area contributed by atoms with E-state index in [0.717, 1.165) is 31.6 Å². The molecule has 1 aromatic heterocycles. The van der Waals surface area contributed by atoms with Crippen LogP contribution in [0.2, 0.25) is 0 Å². The van der Waals surface area contributed by atoms with E-state index in [9.17, 15) is 0 Å². The van der Waals surface area contributed by atoms with E-state index in [1.807, 2.05) is 7.11 Å². The van der Waals surface area contributed by atoms with E-state index < -0.39 is 0 Å². The van der Waals surface area contributed by atoms with Crippen LogP contribution in [-0.2, 0) is 17.8 Å². The van der Waals surface area contributed by atoms with Gasteiger partial charge in [-0.15, -0.1) is 0 Å². The Morgan fingerprint density at radius 2 is 2.20 bits per heavy atom. The highest BCUT2D eigenvalue weighted by atomic mass is 16.5. The van der Waals surface area contributed by atoms with Crippen molar-refractivity contribution in [3.8, 4) is 0 Å². The zero-order valence-corrected chi connectivity index (χ0v) is 12.3. The molecule has 0 bridgehead atoms. The Morgan fingerprint density at radius 3 is 2.95 bits per heavy atom. The van der Waals surface area contributed by atoms with Gasteiger partial charge in [-0.2, -0.15) is 5.10 Å². The van der Waals surface area contributed by atoms with Crippen LogP contribution >= 0.6 is 0 Å². The maximum atomic E-state index is 5.43. The summed E-state index contributed by atoms with van der Waals surface area (Å²) in [5, 5.41) is 9.63. The minimum absolute atomic E-state index is 0.428. The number of rotatable bonds is 5. The first-order chi connectivity index (χ1) is 9.81. The van der Waals surface area contributed by atoms with Crippen LogP contribution in [-0.4, -0.2) is 29.0 Å². The van der Waals surface area contributed by atoms with Gasteiger partial charge in [-0.05, 0) is 32.3 Å². The zero-order chi connectivity index (χ0) is 13.9. The van der Waals surface area contributed by atoms with Gasteiger partial charge < -0.3 is 10.1 Å². The maximum absolute atomic E-state index is 5.43. The molecule has 2 atom stereocenters. The monoisotopic (exact) mass is 273 g/mol. The number of nitrogens with zero attached hydrogens (tertiary/aromatic N) is 2. The largest absolute Gasteiger partial charge is 0.381 e. The highest BCUT2D eigenvalue weighted by Gasteiger charge is 2.24. The quantitative estimate of drug-likeness (QED) is 0.910. The van der Waals surface area contributed by atoms with Crippen molar-refractivity contribution in [1.82, 2.24) is 15.1 Å². The van der Waals surface area contributed by atoms with E-state index in [4.69, 9.17) is 9.84 Å². The Hall–Kier alpha value is -1.39. The topological polar surface area (TPSA) is 39.1 Å². The number of hydrogen-bond donors (Lipinski definition) is 1. The van der Waals surface area contributed by atoms with Crippen LogP contribution in [0.5, 0.6) is 0 Å². The second-order valence-electron chi connectivity index (χ2n) is 5.53. The fourth-order valence-corrected chi connectivity index (χ4v) is 3.15. The average molecular weight is 273 g/mol. The number of hydrogen-bond acceptors (Lipinski definition) is 3. The van der Waals surface area contributed by atoms with E-state index in [-0.39, 0.29) is 0 Å². The van der Waals surface area contributed by atoms with Crippen molar-refractivity contribution in [2.75, 3.05) is 7.11 Å². The Morgan fingerprint density at radius 1 is 1.35 bits per heavy atom. The first kappa shape index (κ1) is 13.6. The third-order valence-electron chi connectivity index (χ3n) is 4.31. The van der Waals surface area contributed by atoms with Gasteiger partial charge in [-0.25, -0.2) is 0 Å². The molecule has 0 radical (unpaired) electrons. The minimum Gasteiger partial charge on any atom is -0.381 e. The smallest absolute Gasteiger partial charge is 0.0841 e. The van der Waals surface area contributed by atoms with Crippen molar-refractivity contribution >= 4 is 10.9 Å². The number of nitrogens with one attached hydrogen (secondary N) is 1. The Balaban J connectivity index is 1.72. The number of para-hydroxylation sites is 1. The van der Waals surface area contributed by atoms with Crippen LogP contribution in [0.25, 0.3) is 10.9 Å². The summed E-state index contributed by atoms with van der Waals surface area (Å²) >= 11 is 0. The molecular weight excluding hydrogens is 250 g/mol. The van der Waals surface area contributed by atoms with Crippen molar-refractivity contribution in [1.29, 1.82) is 0 Å². The molecule has 2 aromatic rings. The lowest BCUT2D eigenvalue weighted by molar-refractivity contribution is 0.107. The van der Waals surface area contributed by atoms with Gasteiger partial charge in [0.05, 0.1) is 17.3 Å². The standard InChI is InChI=1S/C16H23N3O/c1-3-19-16-7-5-4-6-14(16)15(18-19)11-17-12-8-9-13(10-12)20-2/h4-7,12-13,17H,3,8-11H2,1-2H3. The normalized spacial score (nSPS) is 22.7. The molecule has 0 spiro atoms. The summed E-state index contributed by atoms with van der Waals surface area (Å²) in [6, 6.07) is 9.03. The second-order valence-corrected chi connectivity index (χ2v) is 5.53. The third kappa shape index (κ3) is 2.58. The van der Waals surface area contributed by atoms with Crippen molar-refractivity contribution in [3.05, 3.63) is 30.0 Å². The van der Waals surface area contributed by atoms with Crippen molar-refractivity contribution in [2.24, 2.45) is 0 Å². The van der Waals surface area contributed by atoms with Crippen LogP contribution in [0.3, 0.4) is 0 Å². The van der Waals surface area contributed by atoms with Gasteiger partial charge in [0.1, 0.15) is 0 Å². The summed E-state index contributed by atoms with van der Waals surface area (Å²) in [5.41, 5.74) is 2.39. The van der Waals surface area contributed by atoms with Crippen LogP contribution in [0.15, 0.2) is 24.3 Å². The van der Waals surface area contributed by atoms with Gasteiger partial charge in [0.2, 0.25) is 0 Å². The molecule has 1 saturated carbocycles. The van der Waals surface area contributed by atoms with Crippen molar-refractivity contribution < 1.29 is 4.74 Å². The number of aromatic nitrogens is 2. The van der Waals surface area contributed by atoms with E-state index in [1.54, 1.807) is 0 Å². The Kier molecular flexibility index (Phi) is 4.03. The van der Waals surface area contributed by atoms with Gasteiger partial charge in [0.15, 0.2) is 0 Å². The molecule has 4 heteroatoms. The minimum atomic E-state index is 0.428. The molecule has 108 valence electrons. The lowest BCUT2D eigenvalue weighted by atomic mass is 10.2. The van der Waals surface area contributed by atoms with Crippen LogP contribution < -0.4 is 5.32 Å². The summed E-state index contributed by atoms with van der Waals surface area (Å²) in [4.78, 5) is 0.